The van der Waals surface area contributed by atoms with Gasteiger partial charge >= 0.3 is 5.97 Å². The van der Waals surface area contributed by atoms with E-state index >= 15 is 0 Å². The minimum Gasteiger partial charge on any atom is -0.455 e. The predicted molar refractivity (Wildman–Crippen MR) is 102 cm³/mol. The highest BCUT2D eigenvalue weighted by molar-refractivity contribution is 5.86. The first-order valence-electron chi connectivity index (χ1n) is 9.55. The second kappa shape index (κ2) is 7.92. The molecule has 28 heavy (non-hydrogen) atoms. The number of nitrogens with one attached hydrogen (secondary N) is 1. The number of amides is 1. The van der Waals surface area contributed by atoms with Gasteiger partial charge in [-0.05, 0) is 36.1 Å². The predicted octanol–water partition coefficient (Wildman–Crippen LogP) is 3.09. The number of carbonyl (C=O) groups excluding carboxylic acids is 2. The SMILES string of the molecule is O=C(COC(=O)C1(c2ccccc2)CCCC1)NCc1ccc2c(c1)OCO2. The van der Waals surface area contributed by atoms with E-state index in [0.717, 1.165) is 36.8 Å². The van der Waals surface area contributed by atoms with Gasteiger partial charge in [0.05, 0.1) is 5.41 Å². The van der Waals surface area contributed by atoms with Crippen molar-refractivity contribution in [2.45, 2.75) is 37.6 Å². The first-order valence-corrected chi connectivity index (χ1v) is 9.55. The molecule has 0 aromatic heterocycles. The summed E-state index contributed by atoms with van der Waals surface area (Å²) in [4.78, 5) is 25.0. The van der Waals surface area contributed by atoms with E-state index in [4.69, 9.17) is 14.2 Å². The van der Waals surface area contributed by atoms with Crippen molar-refractivity contribution in [3.8, 4) is 11.5 Å². The monoisotopic (exact) mass is 381 g/mol. The third-order valence-electron chi connectivity index (χ3n) is 5.44. The molecule has 2 aromatic carbocycles. The van der Waals surface area contributed by atoms with Gasteiger partial charge in [0.1, 0.15) is 0 Å². The molecule has 6 nitrogen and oxygen atoms in total. The molecule has 1 aliphatic heterocycles. The van der Waals surface area contributed by atoms with Crippen LogP contribution in [0.5, 0.6) is 11.5 Å². The quantitative estimate of drug-likeness (QED) is 0.779. The minimum atomic E-state index is -0.626. The van der Waals surface area contributed by atoms with Gasteiger partial charge in [-0.2, -0.15) is 0 Å². The highest BCUT2D eigenvalue weighted by atomic mass is 16.7. The number of ether oxygens (including phenoxy) is 3. The Labute approximate surface area is 163 Å². The fourth-order valence-electron chi connectivity index (χ4n) is 3.92. The van der Waals surface area contributed by atoms with Crippen LogP contribution < -0.4 is 14.8 Å². The summed E-state index contributed by atoms with van der Waals surface area (Å²) in [5.41, 5.74) is 1.23. The Balaban J connectivity index is 1.32. The van der Waals surface area contributed by atoms with Gasteiger partial charge in [0.15, 0.2) is 18.1 Å². The minimum absolute atomic E-state index is 0.213. The van der Waals surface area contributed by atoms with Crippen molar-refractivity contribution in [1.29, 1.82) is 0 Å². The van der Waals surface area contributed by atoms with Crippen molar-refractivity contribution < 1.29 is 23.8 Å². The molecule has 1 heterocycles. The van der Waals surface area contributed by atoms with Crippen LogP contribution >= 0.6 is 0 Å². The van der Waals surface area contributed by atoms with Crippen LogP contribution in [0.15, 0.2) is 48.5 Å². The van der Waals surface area contributed by atoms with E-state index in [1.54, 1.807) is 0 Å². The number of carbonyl (C=O) groups is 2. The Kier molecular flexibility index (Phi) is 5.19. The topological polar surface area (TPSA) is 73.9 Å². The molecule has 1 aliphatic carbocycles. The van der Waals surface area contributed by atoms with Crippen molar-refractivity contribution >= 4 is 11.9 Å². The van der Waals surface area contributed by atoms with E-state index in [0.29, 0.717) is 18.0 Å². The molecule has 0 spiro atoms. The van der Waals surface area contributed by atoms with Gasteiger partial charge in [0.2, 0.25) is 6.79 Å². The number of rotatable bonds is 6. The lowest BCUT2D eigenvalue weighted by molar-refractivity contribution is -0.154. The van der Waals surface area contributed by atoms with E-state index in [1.807, 2.05) is 48.5 Å². The van der Waals surface area contributed by atoms with Gasteiger partial charge in [-0.3, -0.25) is 9.59 Å². The third kappa shape index (κ3) is 3.67. The summed E-state index contributed by atoms with van der Waals surface area (Å²) in [6, 6.07) is 15.2. The van der Waals surface area contributed by atoms with Gasteiger partial charge in [0.25, 0.3) is 5.91 Å². The van der Waals surface area contributed by atoms with E-state index in [-0.39, 0.29) is 25.3 Å². The second-order valence-corrected chi connectivity index (χ2v) is 7.20. The summed E-state index contributed by atoms with van der Waals surface area (Å²) in [7, 11) is 0. The van der Waals surface area contributed by atoms with Crippen LogP contribution in [0, 0.1) is 0 Å². The first-order chi connectivity index (χ1) is 13.7. The lowest BCUT2D eigenvalue weighted by Gasteiger charge is -2.27. The van der Waals surface area contributed by atoms with E-state index < -0.39 is 5.41 Å². The average Bonchev–Trinajstić information content (AvgIpc) is 3.41. The molecule has 2 aromatic rings. The van der Waals surface area contributed by atoms with Gasteiger partial charge in [-0.1, -0.05) is 49.2 Å². The molecule has 6 heteroatoms. The molecule has 0 atom stereocenters. The van der Waals surface area contributed by atoms with E-state index in [1.165, 1.54) is 0 Å². The molecular formula is C22H23NO5. The Hall–Kier alpha value is -3.02. The van der Waals surface area contributed by atoms with Crippen molar-refractivity contribution in [2.75, 3.05) is 13.4 Å². The Morgan fingerprint density at radius 2 is 1.75 bits per heavy atom. The molecule has 146 valence electrons. The molecule has 1 fully saturated rings. The molecule has 2 aliphatic rings. The largest absolute Gasteiger partial charge is 0.455 e. The maximum absolute atomic E-state index is 12.8. The second-order valence-electron chi connectivity index (χ2n) is 7.20. The van der Waals surface area contributed by atoms with Crippen molar-refractivity contribution in [2.24, 2.45) is 0 Å². The highest BCUT2D eigenvalue weighted by Gasteiger charge is 2.44. The molecule has 0 saturated heterocycles. The van der Waals surface area contributed by atoms with Crippen LogP contribution in [-0.4, -0.2) is 25.3 Å². The van der Waals surface area contributed by atoms with Crippen molar-refractivity contribution in [3.05, 3.63) is 59.7 Å². The summed E-state index contributed by atoms with van der Waals surface area (Å²) >= 11 is 0. The summed E-state index contributed by atoms with van der Waals surface area (Å²) in [6.07, 6.45) is 3.49. The smallest absolute Gasteiger partial charge is 0.317 e. The summed E-state index contributed by atoms with van der Waals surface area (Å²) in [6.45, 7) is 0.263. The number of hydrogen-bond acceptors (Lipinski definition) is 5. The number of fused-ring (bicyclic) bond motifs is 1. The maximum atomic E-state index is 12.8. The van der Waals surface area contributed by atoms with Gasteiger partial charge < -0.3 is 19.5 Å². The van der Waals surface area contributed by atoms with Crippen molar-refractivity contribution in [3.63, 3.8) is 0 Å². The van der Waals surface area contributed by atoms with Crippen LogP contribution in [0.2, 0.25) is 0 Å². The fourth-order valence-corrected chi connectivity index (χ4v) is 3.92. The zero-order chi connectivity index (χ0) is 19.4. The standard InChI is InChI=1S/C22H23NO5/c24-20(23-13-16-8-9-18-19(12-16)28-15-27-18)14-26-21(25)22(10-4-5-11-22)17-6-2-1-3-7-17/h1-3,6-9,12H,4-5,10-11,13-15H2,(H,23,24). The van der Waals surface area contributed by atoms with Crippen molar-refractivity contribution in [1.82, 2.24) is 5.32 Å². The van der Waals surface area contributed by atoms with Crippen LogP contribution in [-0.2, 0) is 26.3 Å². The molecule has 0 bridgehead atoms. The van der Waals surface area contributed by atoms with Crippen LogP contribution in [0.4, 0.5) is 0 Å². The number of hydrogen-bond donors (Lipinski definition) is 1. The number of benzene rings is 2. The lowest BCUT2D eigenvalue weighted by atomic mass is 9.79. The molecule has 4 rings (SSSR count). The first kappa shape index (κ1) is 18.3. The van der Waals surface area contributed by atoms with Crippen LogP contribution in [0.1, 0.15) is 36.8 Å². The zero-order valence-corrected chi connectivity index (χ0v) is 15.6. The van der Waals surface area contributed by atoms with E-state index in [2.05, 4.69) is 5.32 Å². The zero-order valence-electron chi connectivity index (χ0n) is 15.6. The Bertz CT molecular complexity index is 858. The van der Waals surface area contributed by atoms with Gasteiger partial charge in [-0.25, -0.2) is 0 Å². The highest BCUT2D eigenvalue weighted by Crippen LogP contribution is 2.42. The maximum Gasteiger partial charge on any atom is 0.317 e. The molecular weight excluding hydrogens is 358 g/mol. The average molecular weight is 381 g/mol. The van der Waals surface area contributed by atoms with E-state index in [9.17, 15) is 9.59 Å². The van der Waals surface area contributed by atoms with Gasteiger partial charge in [-0.15, -0.1) is 0 Å². The summed E-state index contributed by atoms with van der Waals surface area (Å²) < 4.78 is 16.0. The van der Waals surface area contributed by atoms with Gasteiger partial charge in [0, 0.05) is 6.54 Å². The summed E-state index contributed by atoms with van der Waals surface area (Å²) in [5, 5.41) is 2.78. The van der Waals surface area contributed by atoms with Crippen LogP contribution in [0.25, 0.3) is 0 Å². The third-order valence-corrected chi connectivity index (χ3v) is 5.44. The Morgan fingerprint density at radius 1 is 1.00 bits per heavy atom. The molecule has 0 unspecified atom stereocenters. The molecule has 1 amide bonds. The van der Waals surface area contributed by atoms with Crippen LogP contribution in [0.3, 0.4) is 0 Å². The summed E-state index contributed by atoms with van der Waals surface area (Å²) in [5.74, 6) is 0.734. The Morgan fingerprint density at radius 3 is 2.54 bits per heavy atom. The lowest BCUT2D eigenvalue weighted by Crippen LogP contribution is -2.37. The fraction of sp³-hybridized carbons (Fsp3) is 0.364. The molecule has 1 N–H and O–H groups in total. The normalized spacial score (nSPS) is 16.6. The number of esters is 1. The molecule has 1 saturated carbocycles. The molecule has 0 radical (unpaired) electrons.